The summed E-state index contributed by atoms with van der Waals surface area (Å²) in [6.45, 7) is 0.743. The fraction of sp³-hybridized carbons (Fsp3) is 0.364. The van der Waals surface area contributed by atoms with Crippen molar-refractivity contribution in [3.8, 4) is 0 Å². The molecule has 2 atom stereocenters. The fourth-order valence-electron chi connectivity index (χ4n) is 2.29. The average molecular weight is 189 g/mol. The number of carbonyl (C=O) groups excluding carboxylic acids is 1. The summed E-state index contributed by atoms with van der Waals surface area (Å²) in [6.07, 6.45) is 0.774. The lowest BCUT2D eigenvalue weighted by molar-refractivity contribution is -0.153. The highest BCUT2D eigenvalue weighted by atomic mass is 16.6. The van der Waals surface area contributed by atoms with Crippen molar-refractivity contribution in [1.29, 1.82) is 0 Å². The van der Waals surface area contributed by atoms with Gasteiger partial charge in [-0.05, 0) is 5.56 Å². The lowest BCUT2D eigenvalue weighted by atomic mass is 9.93. The van der Waals surface area contributed by atoms with Gasteiger partial charge in [0.15, 0.2) is 5.60 Å². The number of esters is 1. The Balaban J connectivity index is 2.03. The molecule has 14 heavy (non-hydrogen) atoms. The molecule has 0 amide bonds. The highest BCUT2D eigenvalue weighted by Gasteiger charge is 2.53. The van der Waals surface area contributed by atoms with Crippen molar-refractivity contribution in [2.24, 2.45) is 0 Å². The van der Waals surface area contributed by atoms with E-state index < -0.39 is 0 Å². The Hall–Kier alpha value is -1.35. The molecule has 0 spiro atoms. The van der Waals surface area contributed by atoms with Gasteiger partial charge in [-0.3, -0.25) is 10.1 Å². The SMILES string of the molecule is O=C1OC2(c3ccccc3)CNC1C2. The number of rotatable bonds is 1. The van der Waals surface area contributed by atoms with Gasteiger partial charge in [0.25, 0.3) is 0 Å². The normalized spacial score (nSPS) is 34.6. The molecule has 2 aliphatic rings. The monoisotopic (exact) mass is 189 g/mol. The van der Waals surface area contributed by atoms with E-state index >= 15 is 0 Å². The summed E-state index contributed by atoms with van der Waals surface area (Å²) in [5.74, 6) is -0.111. The maximum Gasteiger partial charge on any atom is 0.324 e. The minimum Gasteiger partial charge on any atom is -0.452 e. The molecule has 2 fully saturated rings. The van der Waals surface area contributed by atoms with Crippen LogP contribution in [0.4, 0.5) is 0 Å². The van der Waals surface area contributed by atoms with Crippen LogP contribution in [0.5, 0.6) is 0 Å². The van der Waals surface area contributed by atoms with Crippen LogP contribution in [0.15, 0.2) is 30.3 Å². The third-order valence-corrected chi connectivity index (χ3v) is 3.05. The molecular weight excluding hydrogens is 178 g/mol. The predicted octanol–water partition coefficient (Wildman–Crippen LogP) is 0.801. The molecule has 1 aromatic rings. The van der Waals surface area contributed by atoms with E-state index in [4.69, 9.17) is 4.74 Å². The summed E-state index contributed by atoms with van der Waals surface area (Å²) in [7, 11) is 0. The summed E-state index contributed by atoms with van der Waals surface area (Å²) >= 11 is 0. The van der Waals surface area contributed by atoms with Crippen LogP contribution in [0.3, 0.4) is 0 Å². The Kier molecular flexibility index (Phi) is 1.47. The van der Waals surface area contributed by atoms with E-state index in [1.165, 1.54) is 0 Å². The first kappa shape index (κ1) is 8.00. The Morgan fingerprint density at radius 3 is 2.71 bits per heavy atom. The standard InChI is InChI=1S/C11H11NO2/c13-10-9-6-11(14-10,7-12-9)8-4-2-1-3-5-8/h1-5,9,12H,6-7H2. The number of hydrogen-bond donors (Lipinski definition) is 1. The summed E-state index contributed by atoms with van der Waals surface area (Å²) in [4.78, 5) is 11.3. The van der Waals surface area contributed by atoms with Crippen LogP contribution in [-0.4, -0.2) is 18.6 Å². The zero-order chi connectivity index (χ0) is 9.60. The van der Waals surface area contributed by atoms with Crippen molar-refractivity contribution in [3.05, 3.63) is 35.9 Å². The largest absolute Gasteiger partial charge is 0.452 e. The molecular formula is C11H11NO2. The number of carbonyl (C=O) groups is 1. The Morgan fingerprint density at radius 2 is 2.14 bits per heavy atom. The van der Waals surface area contributed by atoms with Crippen molar-refractivity contribution in [1.82, 2.24) is 5.32 Å². The van der Waals surface area contributed by atoms with E-state index in [2.05, 4.69) is 5.32 Å². The van der Waals surface area contributed by atoms with E-state index in [0.717, 1.165) is 18.5 Å². The van der Waals surface area contributed by atoms with Crippen molar-refractivity contribution < 1.29 is 9.53 Å². The van der Waals surface area contributed by atoms with Crippen LogP contribution in [0.2, 0.25) is 0 Å². The Labute approximate surface area is 82.1 Å². The first-order valence-electron chi connectivity index (χ1n) is 4.82. The van der Waals surface area contributed by atoms with Crippen molar-refractivity contribution in [3.63, 3.8) is 0 Å². The first-order valence-corrected chi connectivity index (χ1v) is 4.82. The topological polar surface area (TPSA) is 38.3 Å². The molecule has 1 N–H and O–H groups in total. The summed E-state index contributed by atoms with van der Waals surface area (Å²) in [5.41, 5.74) is 0.712. The molecule has 0 aromatic heterocycles. The van der Waals surface area contributed by atoms with Gasteiger partial charge in [-0.25, -0.2) is 0 Å². The second kappa shape index (κ2) is 2.58. The van der Waals surface area contributed by atoms with Crippen LogP contribution in [-0.2, 0) is 15.1 Å². The molecule has 0 aliphatic carbocycles. The second-order valence-corrected chi connectivity index (χ2v) is 3.92. The van der Waals surface area contributed by atoms with Crippen molar-refractivity contribution in [2.75, 3.05) is 6.54 Å². The molecule has 0 saturated carbocycles. The smallest absolute Gasteiger partial charge is 0.324 e. The molecule has 2 bridgehead atoms. The zero-order valence-electron chi connectivity index (χ0n) is 7.69. The van der Waals surface area contributed by atoms with Gasteiger partial charge in [0, 0.05) is 13.0 Å². The van der Waals surface area contributed by atoms with Gasteiger partial charge in [0.05, 0.1) is 0 Å². The molecule has 3 rings (SSSR count). The van der Waals surface area contributed by atoms with Crippen LogP contribution in [0.25, 0.3) is 0 Å². The third kappa shape index (κ3) is 0.930. The molecule has 2 heterocycles. The number of morpholine rings is 1. The average Bonchev–Trinajstić information content (AvgIpc) is 2.77. The van der Waals surface area contributed by atoms with E-state index in [1.54, 1.807) is 0 Å². The molecule has 72 valence electrons. The predicted molar refractivity (Wildman–Crippen MR) is 50.6 cm³/mol. The van der Waals surface area contributed by atoms with Gasteiger partial charge in [-0.15, -0.1) is 0 Å². The van der Waals surface area contributed by atoms with Gasteiger partial charge in [0.2, 0.25) is 0 Å². The van der Waals surface area contributed by atoms with E-state index in [1.807, 2.05) is 30.3 Å². The summed E-state index contributed by atoms with van der Waals surface area (Å²) in [5, 5.41) is 3.17. The van der Waals surface area contributed by atoms with Crippen LogP contribution in [0, 0.1) is 0 Å². The molecule has 0 radical (unpaired) electrons. The zero-order valence-corrected chi connectivity index (χ0v) is 7.69. The van der Waals surface area contributed by atoms with Gasteiger partial charge in [-0.1, -0.05) is 30.3 Å². The number of benzene rings is 1. The maximum absolute atomic E-state index is 11.3. The Morgan fingerprint density at radius 1 is 1.36 bits per heavy atom. The van der Waals surface area contributed by atoms with Gasteiger partial charge < -0.3 is 4.74 Å². The Bertz CT molecular complexity index is 376. The van der Waals surface area contributed by atoms with Crippen LogP contribution < -0.4 is 5.32 Å². The highest BCUT2D eigenvalue weighted by molar-refractivity contribution is 5.80. The number of ether oxygens (including phenoxy) is 1. The number of nitrogens with one attached hydrogen (secondary N) is 1. The minimum absolute atomic E-state index is 0.0878. The number of hydrogen-bond acceptors (Lipinski definition) is 3. The van der Waals surface area contributed by atoms with Gasteiger partial charge in [-0.2, -0.15) is 0 Å². The maximum atomic E-state index is 11.3. The minimum atomic E-state index is -0.386. The molecule has 3 heteroatoms. The third-order valence-electron chi connectivity index (χ3n) is 3.05. The molecule has 3 nitrogen and oxygen atoms in total. The van der Waals surface area contributed by atoms with Crippen LogP contribution in [0.1, 0.15) is 12.0 Å². The molecule has 2 aliphatic heterocycles. The van der Waals surface area contributed by atoms with Crippen LogP contribution >= 0.6 is 0 Å². The molecule has 2 unspecified atom stereocenters. The molecule has 1 aromatic carbocycles. The van der Waals surface area contributed by atoms with Crippen molar-refractivity contribution in [2.45, 2.75) is 18.1 Å². The second-order valence-electron chi connectivity index (χ2n) is 3.92. The van der Waals surface area contributed by atoms with Gasteiger partial charge in [0.1, 0.15) is 6.04 Å². The number of fused-ring (bicyclic) bond motifs is 2. The van der Waals surface area contributed by atoms with E-state index in [-0.39, 0.29) is 17.6 Å². The highest BCUT2D eigenvalue weighted by Crippen LogP contribution is 2.40. The lowest BCUT2D eigenvalue weighted by Gasteiger charge is -2.26. The van der Waals surface area contributed by atoms with Crippen molar-refractivity contribution >= 4 is 5.97 Å². The van der Waals surface area contributed by atoms with E-state index in [0.29, 0.717) is 0 Å². The lowest BCUT2D eigenvalue weighted by Crippen LogP contribution is -2.40. The van der Waals surface area contributed by atoms with E-state index in [9.17, 15) is 4.79 Å². The molecule has 2 saturated heterocycles. The summed E-state index contributed by atoms with van der Waals surface area (Å²) in [6, 6.07) is 9.87. The fourth-order valence-corrected chi connectivity index (χ4v) is 2.29. The first-order chi connectivity index (χ1) is 6.80. The quantitative estimate of drug-likeness (QED) is 0.664. The van der Waals surface area contributed by atoms with Gasteiger partial charge >= 0.3 is 5.97 Å². The summed E-state index contributed by atoms with van der Waals surface area (Å²) < 4.78 is 5.43.